The number of thioether (sulfide) groups is 1. The number of carbonyl (C=O) groups is 3. The molecule has 1 unspecified atom stereocenters. The van der Waals surface area contributed by atoms with Crippen LogP contribution in [0, 0.1) is 0 Å². The number of fused-ring (bicyclic) bond motifs is 1. The molecule has 0 saturated heterocycles. The molecular weight excluding hydrogens is 602 g/mol. The first kappa shape index (κ1) is 32.2. The summed E-state index contributed by atoms with van der Waals surface area (Å²) in [5, 5.41) is 8.23. The molecule has 1 aliphatic heterocycles. The molecule has 1 atom stereocenters. The van der Waals surface area contributed by atoms with Gasteiger partial charge in [0.1, 0.15) is 24.7 Å². The lowest BCUT2D eigenvalue weighted by Gasteiger charge is -2.20. The van der Waals surface area contributed by atoms with Crippen molar-refractivity contribution in [2.45, 2.75) is 30.4 Å². The van der Waals surface area contributed by atoms with Crippen LogP contribution in [-0.2, 0) is 9.59 Å². The summed E-state index contributed by atoms with van der Waals surface area (Å²) in [4.78, 5) is 40.5. The van der Waals surface area contributed by atoms with Gasteiger partial charge in [-0.3, -0.25) is 14.4 Å². The fourth-order valence-corrected chi connectivity index (χ4v) is 5.63. The van der Waals surface area contributed by atoms with Gasteiger partial charge in [-0.2, -0.15) is 0 Å². The lowest BCUT2D eigenvalue weighted by Crippen LogP contribution is -2.30. The van der Waals surface area contributed by atoms with E-state index in [1.165, 1.54) is 11.8 Å². The molecule has 0 aromatic heterocycles. The molecule has 4 aromatic rings. The molecule has 3 N–H and O–H groups in total. The molecule has 9 nitrogen and oxygen atoms in total. The molecular formula is C36H35N3O6S. The number of carbonyl (C=O) groups excluding carboxylic acids is 3. The van der Waals surface area contributed by atoms with Gasteiger partial charge in [0.2, 0.25) is 5.91 Å². The van der Waals surface area contributed by atoms with Gasteiger partial charge in [0.25, 0.3) is 11.8 Å². The first-order chi connectivity index (χ1) is 22.4. The van der Waals surface area contributed by atoms with Crippen LogP contribution < -0.4 is 30.2 Å². The van der Waals surface area contributed by atoms with Gasteiger partial charge >= 0.3 is 0 Å². The molecule has 236 valence electrons. The second-order valence-corrected chi connectivity index (χ2v) is 11.5. The summed E-state index contributed by atoms with van der Waals surface area (Å²) < 4.78 is 16.7. The summed E-state index contributed by atoms with van der Waals surface area (Å²) in [6, 6.07) is 28.5. The number of anilines is 2. The summed E-state index contributed by atoms with van der Waals surface area (Å²) in [6.07, 6.45) is 2.19. The van der Waals surface area contributed by atoms with Crippen molar-refractivity contribution in [3.63, 3.8) is 0 Å². The molecule has 10 heteroatoms. The minimum absolute atomic E-state index is 0.0707. The maximum atomic E-state index is 13.5. The van der Waals surface area contributed by atoms with Crippen LogP contribution in [0.3, 0.4) is 0 Å². The molecule has 3 amide bonds. The zero-order chi connectivity index (χ0) is 32.3. The van der Waals surface area contributed by atoms with Gasteiger partial charge in [0, 0.05) is 27.9 Å². The van der Waals surface area contributed by atoms with Gasteiger partial charge < -0.3 is 30.2 Å². The molecule has 46 heavy (non-hydrogen) atoms. The molecule has 0 bridgehead atoms. The summed E-state index contributed by atoms with van der Waals surface area (Å²) >= 11 is 1.39. The second kappa shape index (κ2) is 15.7. The highest BCUT2D eigenvalue weighted by Gasteiger charge is 2.21. The van der Waals surface area contributed by atoms with Crippen molar-refractivity contribution in [1.82, 2.24) is 5.32 Å². The van der Waals surface area contributed by atoms with E-state index >= 15 is 0 Å². The lowest BCUT2D eigenvalue weighted by atomic mass is 10.1. The lowest BCUT2D eigenvalue weighted by molar-refractivity contribution is -0.116. The molecule has 0 radical (unpaired) electrons. The number of ether oxygens (including phenoxy) is 3. The van der Waals surface area contributed by atoms with Crippen molar-refractivity contribution < 1.29 is 28.6 Å². The van der Waals surface area contributed by atoms with Crippen LogP contribution in [-0.4, -0.2) is 42.8 Å². The Hall–Kier alpha value is -5.22. The van der Waals surface area contributed by atoms with E-state index in [1.807, 2.05) is 44.2 Å². The fourth-order valence-electron chi connectivity index (χ4n) is 4.61. The van der Waals surface area contributed by atoms with Gasteiger partial charge in [-0.15, -0.1) is 11.8 Å². The average molecular weight is 638 g/mol. The van der Waals surface area contributed by atoms with Crippen LogP contribution in [0.4, 0.5) is 11.4 Å². The number of benzene rings is 4. The maximum Gasteiger partial charge on any atom is 0.272 e. The highest BCUT2D eigenvalue weighted by Crippen LogP contribution is 2.34. The first-order valence-electron chi connectivity index (χ1n) is 15.0. The minimum atomic E-state index is -0.497. The Morgan fingerprint density at radius 1 is 0.826 bits per heavy atom. The van der Waals surface area contributed by atoms with Crippen LogP contribution in [0.1, 0.15) is 36.2 Å². The number of rotatable bonds is 12. The zero-order valence-corrected chi connectivity index (χ0v) is 26.4. The number of nitrogens with one attached hydrogen (secondary N) is 3. The van der Waals surface area contributed by atoms with E-state index in [2.05, 4.69) is 16.0 Å². The highest BCUT2D eigenvalue weighted by atomic mass is 32.2. The molecule has 1 aliphatic rings. The third kappa shape index (κ3) is 8.70. The topological polar surface area (TPSA) is 115 Å². The average Bonchev–Trinajstić information content (AvgIpc) is 3.08. The summed E-state index contributed by atoms with van der Waals surface area (Å²) in [7, 11) is 0. The third-order valence-corrected chi connectivity index (χ3v) is 8.23. The summed E-state index contributed by atoms with van der Waals surface area (Å²) in [5.74, 6) is 0.906. The third-order valence-electron chi connectivity index (χ3n) is 6.87. The minimum Gasteiger partial charge on any atom is -0.494 e. The Morgan fingerprint density at radius 2 is 1.57 bits per heavy atom. The Bertz CT molecular complexity index is 1710. The predicted molar refractivity (Wildman–Crippen MR) is 181 cm³/mol. The molecule has 0 spiro atoms. The van der Waals surface area contributed by atoms with Gasteiger partial charge in [0.15, 0.2) is 11.5 Å². The second-order valence-electron chi connectivity index (χ2n) is 10.2. The van der Waals surface area contributed by atoms with E-state index in [9.17, 15) is 14.4 Å². The smallest absolute Gasteiger partial charge is 0.272 e. The van der Waals surface area contributed by atoms with Crippen molar-refractivity contribution in [3.8, 4) is 17.2 Å². The van der Waals surface area contributed by atoms with Gasteiger partial charge in [-0.1, -0.05) is 43.3 Å². The van der Waals surface area contributed by atoms with Crippen molar-refractivity contribution in [3.05, 3.63) is 114 Å². The van der Waals surface area contributed by atoms with Crippen molar-refractivity contribution in [1.29, 1.82) is 0 Å². The molecule has 0 saturated carbocycles. The van der Waals surface area contributed by atoms with Crippen LogP contribution in [0.2, 0.25) is 0 Å². The molecule has 1 heterocycles. The van der Waals surface area contributed by atoms with Crippen molar-refractivity contribution in [2.75, 3.05) is 30.5 Å². The zero-order valence-electron chi connectivity index (χ0n) is 25.6. The van der Waals surface area contributed by atoms with Crippen molar-refractivity contribution in [2.24, 2.45) is 0 Å². The largest absolute Gasteiger partial charge is 0.494 e. The maximum absolute atomic E-state index is 13.5. The Morgan fingerprint density at radius 3 is 2.30 bits per heavy atom. The van der Waals surface area contributed by atoms with Crippen LogP contribution in [0.15, 0.2) is 108 Å². The fraction of sp³-hybridized carbons (Fsp3) is 0.194. The highest BCUT2D eigenvalue weighted by molar-refractivity contribution is 8.00. The van der Waals surface area contributed by atoms with Crippen molar-refractivity contribution >= 4 is 46.9 Å². The van der Waals surface area contributed by atoms with E-state index in [4.69, 9.17) is 14.2 Å². The quantitative estimate of drug-likeness (QED) is 0.116. The van der Waals surface area contributed by atoms with E-state index in [0.29, 0.717) is 66.0 Å². The Labute approximate surface area is 272 Å². The van der Waals surface area contributed by atoms with Gasteiger partial charge in [-0.05, 0) is 79.6 Å². The van der Waals surface area contributed by atoms with Gasteiger partial charge in [-0.25, -0.2) is 0 Å². The predicted octanol–water partition coefficient (Wildman–Crippen LogP) is 6.78. The van der Waals surface area contributed by atoms with E-state index in [-0.39, 0.29) is 16.9 Å². The number of hydrogen-bond donors (Lipinski definition) is 3. The first-order valence-corrected chi connectivity index (χ1v) is 15.9. The van der Waals surface area contributed by atoms with Crippen LogP contribution >= 0.6 is 11.8 Å². The monoisotopic (exact) mass is 637 g/mol. The van der Waals surface area contributed by atoms with E-state index < -0.39 is 11.8 Å². The Kier molecular flexibility index (Phi) is 11.0. The molecule has 5 rings (SSSR count). The normalized spacial score (nSPS) is 12.9. The Balaban J connectivity index is 1.29. The number of hydrogen-bond acceptors (Lipinski definition) is 7. The standard InChI is InChI=1S/C36H35N3O6S/c1-3-33(36(42)38-27-15-18-31-32(23-27)45-20-19-44-31)46-29-12-8-11-26(22-29)37-35(41)30(39-34(40)25-9-6-5-7-10-25)21-24-13-16-28(17-14-24)43-4-2/h5-18,21-23,33H,3-4,19-20H2,1-2H3,(H,37,41)(H,38,42)(H,39,40)/b30-21+. The summed E-state index contributed by atoms with van der Waals surface area (Å²) in [6.45, 7) is 5.34. The van der Waals surface area contributed by atoms with Crippen LogP contribution in [0.5, 0.6) is 17.2 Å². The van der Waals surface area contributed by atoms with Gasteiger partial charge in [0.05, 0.1) is 11.9 Å². The number of amides is 3. The summed E-state index contributed by atoms with van der Waals surface area (Å²) in [5.41, 5.74) is 2.34. The van der Waals surface area contributed by atoms with E-state index in [1.54, 1.807) is 72.8 Å². The molecule has 0 aliphatic carbocycles. The molecule has 0 fully saturated rings. The molecule has 4 aromatic carbocycles. The SMILES string of the molecule is CCOc1ccc(/C=C(/NC(=O)c2ccccc2)C(=O)Nc2cccc(SC(CC)C(=O)Nc3ccc4c(c3)OCCO4)c2)cc1. The van der Waals surface area contributed by atoms with E-state index in [0.717, 1.165) is 4.90 Å². The van der Waals surface area contributed by atoms with Crippen LogP contribution in [0.25, 0.3) is 6.08 Å².